The minimum atomic E-state index is -0.258. The molecule has 2 aliphatic heterocycles. The summed E-state index contributed by atoms with van der Waals surface area (Å²) in [6, 6.07) is 0. The van der Waals surface area contributed by atoms with Gasteiger partial charge in [-0.3, -0.25) is 0 Å². The van der Waals surface area contributed by atoms with E-state index < -0.39 is 0 Å². The monoisotopic (exact) mass is 250 g/mol. The first-order valence-corrected chi connectivity index (χ1v) is 6.67. The summed E-state index contributed by atoms with van der Waals surface area (Å²) < 4.78 is 10.9. The summed E-state index contributed by atoms with van der Waals surface area (Å²) in [7, 11) is 0. The number of hydrogen-bond donors (Lipinski definition) is 0. The predicted octanol–water partition coefficient (Wildman–Crippen LogP) is 3.15. The van der Waals surface area contributed by atoms with Gasteiger partial charge in [-0.15, -0.1) is 0 Å². The molecule has 0 saturated carbocycles. The predicted molar refractivity (Wildman–Crippen MR) is 70.2 cm³/mol. The minimum Gasteiger partial charge on any atom is -0.459 e. The Kier molecular flexibility index (Phi) is 3.91. The first-order valence-electron chi connectivity index (χ1n) is 6.67. The Bertz CT molecular complexity index is 395. The molecule has 18 heavy (non-hydrogen) atoms. The zero-order valence-corrected chi connectivity index (χ0v) is 11.5. The van der Waals surface area contributed by atoms with Crippen LogP contribution in [0.25, 0.3) is 0 Å². The van der Waals surface area contributed by atoms with Gasteiger partial charge in [0.05, 0.1) is 6.10 Å². The fourth-order valence-corrected chi connectivity index (χ4v) is 2.32. The SMILES string of the molecule is CC1=CC(=O)OCC2(C)OC2CCC(C)=CCC1. The smallest absolute Gasteiger partial charge is 0.330 e. The maximum absolute atomic E-state index is 11.6. The van der Waals surface area contributed by atoms with Crippen LogP contribution in [0.3, 0.4) is 0 Å². The van der Waals surface area contributed by atoms with Crippen molar-refractivity contribution >= 4 is 5.97 Å². The summed E-state index contributed by atoms with van der Waals surface area (Å²) in [5.41, 5.74) is 2.22. The van der Waals surface area contributed by atoms with Gasteiger partial charge < -0.3 is 9.47 Å². The van der Waals surface area contributed by atoms with Crippen LogP contribution in [0.4, 0.5) is 0 Å². The van der Waals surface area contributed by atoms with E-state index in [4.69, 9.17) is 9.47 Å². The maximum Gasteiger partial charge on any atom is 0.330 e. The average molecular weight is 250 g/mol. The Morgan fingerprint density at radius 1 is 1.28 bits per heavy atom. The van der Waals surface area contributed by atoms with Gasteiger partial charge in [0, 0.05) is 6.08 Å². The lowest BCUT2D eigenvalue weighted by Gasteiger charge is -2.07. The molecule has 100 valence electrons. The second kappa shape index (κ2) is 5.27. The first-order chi connectivity index (χ1) is 8.49. The van der Waals surface area contributed by atoms with Gasteiger partial charge in [0.2, 0.25) is 0 Å². The summed E-state index contributed by atoms with van der Waals surface area (Å²) in [6.07, 6.45) is 8.09. The molecule has 1 saturated heterocycles. The molecule has 3 heteroatoms. The third kappa shape index (κ3) is 3.45. The van der Waals surface area contributed by atoms with Crippen LogP contribution in [0.2, 0.25) is 0 Å². The van der Waals surface area contributed by atoms with Crippen molar-refractivity contribution in [2.24, 2.45) is 0 Å². The Labute approximate surface area is 109 Å². The van der Waals surface area contributed by atoms with Crippen LogP contribution in [0.5, 0.6) is 0 Å². The Morgan fingerprint density at radius 3 is 2.83 bits per heavy atom. The molecular weight excluding hydrogens is 228 g/mol. The van der Waals surface area contributed by atoms with E-state index in [1.54, 1.807) is 6.08 Å². The number of rotatable bonds is 0. The van der Waals surface area contributed by atoms with Crippen LogP contribution in [-0.2, 0) is 14.3 Å². The number of ether oxygens (including phenoxy) is 2. The molecule has 0 aromatic carbocycles. The number of esters is 1. The van der Waals surface area contributed by atoms with E-state index in [-0.39, 0.29) is 17.7 Å². The molecule has 0 aliphatic carbocycles. The van der Waals surface area contributed by atoms with Gasteiger partial charge in [0.15, 0.2) is 0 Å². The first kappa shape index (κ1) is 13.3. The van der Waals surface area contributed by atoms with Gasteiger partial charge in [-0.05, 0) is 46.5 Å². The van der Waals surface area contributed by atoms with E-state index in [1.807, 2.05) is 13.8 Å². The van der Waals surface area contributed by atoms with Crippen LogP contribution >= 0.6 is 0 Å². The van der Waals surface area contributed by atoms with Crippen molar-refractivity contribution in [2.45, 2.75) is 58.2 Å². The van der Waals surface area contributed by atoms with Crippen molar-refractivity contribution in [3.8, 4) is 0 Å². The summed E-state index contributed by atoms with van der Waals surface area (Å²) in [6.45, 7) is 6.52. The molecule has 0 aromatic heterocycles. The highest BCUT2D eigenvalue weighted by Gasteiger charge is 2.52. The number of carbonyl (C=O) groups is 1. The maximum atomic E-state index is 11.6. The van der Waals surface area contributed by atoms with Gasteiger partial charge in [-0.1, -0.05) is 17.2 Å². The molecule has 0 radical (unpaired) electrons. The second-order valence-corrected chi connectivity index (χ2v) is 5.65. The van der Waals surface area contributed by atoms with E-state index in [0.29, 0.717) is 6.61 Å². The second-order valence-electron chi connectivity index (χ2n) is 5.65. The number of carbonyl (C=O) groups excluding carboxylic acids is 1. The third-order valence-electron chi connectivity index (χ3n) is 3.73. The number of fused-ring (bicyclic) bond motifs is 1. The third-order valence-corrected chi connectivity index (χ3v) is 3.73. The van der Waals surface area contributed by atoms with Crippen LogP contribution in [0.15, 0.2) is 23.3 Å². The standard InChI is InChI=1S/C15H22O3/c1-11-5-4-6-12(2)9-14(16)17-10-15(3)13(18-15)8-7-11/h5,9,13H,4,6-8,10H2,1-3H3. The van der Waals surface area contributed by atoms with Gasteiger partial charge in [0.25, 0.3) is 0 Å². The lowest BCUT2D eigenvalue weighted by molar-refractivity contribution is -0.139. The van der Waals surface area contributed by atoms with Gasteiger partial charge in [0.1, 0.15) is 12.2 Å². The largest absolute Gasteiger partial charge is 0.459 e. The Balaban J connectivity index is 2.04. The van der Waals surface area contributed by atoms with E-state index >= 15 is 0 Å². The highest BCUT2D eigenvalue weighted by Crippen LogP contribution is 2.40. The van der Waals surface area contributed by atoms with Crippen molar-refractivity contribution in [3.05, 3.63) is 23.3 Å². The molecule has 0 spiro atoms. The van der Waals surface area contributed by atoms with E-state index in [0.717, 1.165) is 31.3 Å². The molecule has 0 amide bonds. The number of epoxide rings is 1. The molecule has 0 N–H and O–H groups in total. The van der Waals surface area contributed by atoms with Crippen LogP contribution in [-0.4, -0.2) is 24.3 Å². The lowest BCUT2D eigenvalue weighted by atomic mass is 10.0. The molecule has 3 nitrogen and oxygen atoms in total. The van der Waals surface area contributed by atoms with E-state index in [1.165, 1.54) is 5.57 Å². The number of cyclic esters (lactones) is 1. The van der Waals surface area contributed by atoms with E-state index in [9.17, 15) is 4.79 Å². The van der Waals surface area contributed by atoms with Crippen molar-refractivity contribution in [1.82, 2.24) is 0 Å². The molecular formula is C15H22O3. The molecule has 2 atom stereocenters. The molecule has 0 aromatic rings. The summed E-state index contributed by atoms with van der Waals surface area (Å²) in [5.74, 6) is -0.247. The molecule has 2 aliphatic rings. The number of allylic oxidation sites excluding steroid dienone is 3. The summed E-state index contributed by atoms with van der Waals surface area (Å²) in [4.78, 5) is 11.6. The lowest BCUT2D eigenvalue weighted by Crippen LogP contribution is -2.20. The zero-order chi connectivity index (χ0) is 13.2. The minimum absolute atomic E-state index is 0.236. The zero-order valence-electron chi connectivity index (χ0n) is 11.5. The van der Waals surface area contributed by atoms with Gasteiger partial charge >= 0.3 is 5.97 Å². The Hall–Kier alpha value is -1.09. The van der Waals surface area contributed by atoms with Crippen molar-refractivity contribution in [1.29, 1.82) is 0 Å². The van der Waals surface area contributed by atoms with Crippen LogP contribution in [0, 0.1) is 0 Å². The highest BCUT2D eigenvalue weighted by atomic mass is 16.6. The van der Waals surface area contributed by atoms with Gasteiger partial charge in [-0.2, -0.15) is 0 Å². The molecule has 0 bridgehead atoms. The fraction of sp³-hybridized carbons (Fsp3) is 0.667. The van der Waals surface area contributed by atoms with Crippen molar-refractivity contribution in [2.75, 3.05) is 6.61 Å². The highest BCUT2D eigenvalue weighted by molar-refractivity contribution is 5.82. The van der Waals surface area contributed by atoms with Crippen LogP contribution < -0.4 is 0 Å². The fourth-order valence-electron chi connectivity index (χ4n) is 2.32. The van der Waals surface area contributed by atoms with Crippen molar-refractivity contribution < 1.29 is 14.3 Å². The molecule has 2 unspecified atom stereocenters. The summed E-state index contributed by atoms with van der Waals surface area (Å²) >= 11 is 0. The Morgan fingerprint density at radius 2 is 2.06 bits per heavy atom. The van der Waals surface area contributed by atoms with Crippen molar-refractivity contribution in [3.63, 3.8) is 0 Å². The average Bonchev–Trinajstić information content (AvgIpc) is 2.95. The normalized spacial score (nSPS) is 33.9. The number of hydrogen-bond acceptors (Lipinski definition) is 3. The quantitative estimate of drug-likeness (QED) is 0.376. The van der Waals surface area contributed by atoms with E-state index in [2.05, 4.69) is 13.0 Å². The molecule has 2 heterocycles. The summed E-state index contributed by atoms with van der Waals surface area (Å²) in [5, 5.41) is 0. The topological polar surface area (TPSA) is 38.8 Å². The molecule has 1 fully saturated rings. The van der Waals surface area contributed by atoms with Gasteiger partial charge in [-0.25, -0.2) is 4.79 Å². The van der Waals surface area contributed by atoms with Crippen LogP contribution in [0.1, 0.15) is 46.5 Å². The molecule has 2 rings (SSSR count).